The molecule has 2 N–H and O–H groups in total. The molecule has 256 valence electrons. The number of carbonyl (C=O) groups is 2. The molecule has 0 saturated heterocycles. The van der Waals surface area contributed by atoms with Crippen LogP contribution in [-0.4, -0.2) is 53.7 Å². The zero-order valence-corrected chi connectivity index (χ0v) is 28.6. The van der Waals surface area contributed by atoms with Crippen molar-refractivity contribution in [2.75, 3.05) is 13.2 Å². The van der Waals surface area contributed by atoms with Crippen molar-refractivity contribution in [3.05, 3.63) is 125 Å². The van der Waals surface area contributed by atoms with E-state index in [1.54, 1.807) is 21.5 Å². The number of nitrogens with one attached hydrogen (secondary N) is 2. The van der Waals surface area contributed by atoms with Crippen LogP contribution in [0.4, 0.5) is 0 Å². The molecule has 0 saturated carbocycles. The average molecular weight is 671 g/mol. The van der Waals surface area contributed by atoms with Gasteiger partial charge in [0.25, 0.3) is 11.8 Å². The molecule has 11 nitrogen and oxygen atoms in total. The smallest absolute Gasteiger partial charge is 0.274 e. The first-order valence-electron chi connectivity index (χ1n) is 17.5. The summed E-state index contributed by atoms with van der Waals surface area (Å²) in [4.78, 5) is 44.1. The molecule has 7 rings (SSSR count). The lowest BCUT2D eigenvalue weighted by atomic mass is 9.95. The van der Waals surface area contributed by atoms with E-state index in [-0.39, 0.29) is 11.8 Å². The van der Waals surface area contributed by atoms with E-state index in [1.807, 2.05) is 55.7 Å². The van der Waals surface area contributed by atoms with Crippen molar-refractivity contribution in [3.63, 3.8) is 0 Å². The van der Waals surface area contributed by atoms with Crippen LogP contribution in [0.25, 0.3) is 11.3 Å². The SMILES string of the molecule is CCCCCOc1ccc(CCNC(=O)c2ncn3ccc(CC4CCc5cc(CNC(=O)c6ncn7ccc(C)nc67)ccc54)nc23)cc1. The number of aryl methyl sites for hydroxylation is 2. The van der Waals surface area contributed by atoms with Crippen molar-refractivity contribution in [2.24, 2.45) is 0 Å². The van der Waals surface area contributed by atoms with Gasteiger partial charge in [-0.15, -0.1) is 0 Å². The molecule has 0 spiro atoms. The number of rotatable bonds is 14. The van der Waals surface area contributed by atoms with Crippen molar-refractivity contribution in [3.8, 4) is 5.75 Å². The first-order valence-corrected chi connectivity index (χ1v) is 17.5. The maximum atomic E-state index is 13.1. The van der Waals surface area contributed by atoms with Gasteiger partial charge in [0.2, 0.25) is 0 Å². The molecular formula is C39H42N8O3. The van der Waals surface area contributed by atoms with E-state index >= 15 is 0 Å². The molecule has 1 unspecified atom stereocenters. The maximum absolute atomic E-state index is 13.1. The Morgan fingerprint density at radius 3 is 2.36 bits per heavy atom. The summed E-state index contributed by atoms with van der Waals surface area (Å²) in [5.74, 6) is 0.724. The summed E-state index contributed by atoms with van der Waals surface area (Å²) in [6.45, 7) is 5.72. The van der Waals surface area contributed by atoms with Gasteiger partial charge in [0.1, 0.15) is 18.4 Å². The lowest BCUT2D eigenvalue weighted by Gasteiger charge is -2.13. The molecule has 0 fully saturated rings. The van der Waals surface area contributed by atoms with Crippen LogP contribution in [0.3, 0.4) is 0 Å². The number of fused-ring (bicyclic) bond motifs is 3. The predicted octanol–water partition coefficient (Wildman–Crippen LogP) is 5.82. The number of amides is 2. The van der Waals surface area contributed by atoms with Gasteiger partial charge >= 0.3 is 0 Å². The van der Waals surface area contributed by atoms with Gasteiger partial charge in [-0.05, 0) is 91.5 Å². The number of benzene rings is 2. The Morgan fingerprint density at radius 1 is 0.860 bits per heavy atom. The van der Waals surface area contributed by atoms with Gasteiger partial charge < -0.3 is 15.4 Å². The second-order valence-electron chi connectivity index (χ2n) is 13.0. The molecule has 6 aromatic rings. The standard InChI is InChI=1S/C39H42N8O3/c1-3-4-5-20-50-32-11-6-27(7-12-32)14-17-40-38(48)35-37-45-31(16-19-47(37)25-43-35)22-30-10-9-29-21-28(8-13-33(29)30)23-41-39(49)34-36-44-26(2)15-18-46(36)24-42-34/h6-8,11-13,15-16,18-19,21,24-25,30H,3-5,9-10,14,17,20,22-23H2,1-2H3,(H,40,48)(H,41,49). The van der Waals surface area contributed by atoms with Crippen molar-refractivity contribution in [2.45, 2.75) is 71.3 Å². The molecule has 0 radical (unpaired) electrons. The Kier molecular flexibility index (Phi) is 9.82. The zero-order valence-electron chi connectivity index (χ0n) is 28.6. The fourth-order valence-electron chi connectivity index (χ4n) is 6.61. The first-order chi connectivity index (χ1) is 24.4. The molecule has 2 aromatic carbocycles. The number of ether oxygens (including phenoxy) is 1. The third-order valence-electron chi connectivity index (χ3n) is 9.36. The molecule has 0 bridgehead atoms. The molecule has 1 aliphatic carbocycles. The summed E-state index contributed by atoms with van der Waals surface area (Å²) < 4.78 is 9.35. The van der Waals surface area contributed by atoms with Crippen LogP contribution in [0.1, 0.15) is 93.1 Å². The van der Waals surface area contributed by atoms with Crippen LogP contribution >= 0.6 is 0 Å². The topological polar surface area (TPSA) is 128 Å². The number of hydrogen-bond acceptors (Lipinski definition) is 7. The number of aromatic nitrogens is 6. The number of imidazole rings is 2. The lowest BCUT2D eigenvalue weighted by molar-refractivity contribution is 0.0941. The van der Waals surface area contributed by atoms with E-state index in [2.05, 4.69) is 50.7 Å². The summed E-state index contributed by atoms with van der Waals surface area (Å²) >= 11 is 0. The largest absolute Gasteiger partial charge is 0.494 e. The second-order valence-corrected chi connectivity index (χ2v) is 13.0. The van der Waals surface area contributed by atoms with Crippen molar-refractivity contribution < 1.29 is 14.3 Å². The van der Waals surface area contributed by atoms with Crippen molar-refractivity contribution >= 4 is 23.1 Å². The van der Waals surface area contributed by atoms with E-state index in [0.29, 0.717) is 48.1 Å². The van der Waals surface area contributed by atoms with E-state index in [9.17, 15) is 9.59 Å². The predicted molar refractivity (Wildman–Crippen MR) is 191 cm³/mol. The Balaban J connectivity index is 0.934. The highest BCUT2D eigenvalue weighted by Gasteiger charge is 2.24. The number of carbonyl (C=O) groups excluding carboxylic acids is 2. The minimum Gasteiger partial charge on any atom is -0.494 e. The molecule has 11 heteroatoms. The van der Waals surface area contributed by atoms with E-state index in [4.69, 9.17) is 9.72 Å². The molecule has 4 aromatic heterocycles. The second kappa shape index (κ2) is 14.9. The van der Waals surface area contributed by atoms with E-state index in [0.717, 1.165) is 60.6 Å². The van der Waals surface area contributed by atoms with Gasteiger partial charge in [-0.1, -0.05) is 50.1 Å². The third-order valence-corrected chi connectivity index (χ3v) is 9.36. The van der Waals surface area contributed by atoms with Crippen LogP contribution in [0.5, 0.6) is 5.75 Å². The fourth-order valence-corrected chi connectivity index (χ4v) is 6.61. The van der Waals surface area contributed by atoms with Crippen LogP contribution in [0.2, 0.25) is 0 Å². The Hall–Kier alpha value is -5.58. The summed E-state index contributed by atoms with van der Waals surface area (Å²) in [6, 6.07) is 18.4. The Morgan fingerprint density at radius 2 is 1.58 bits per heavy atom. The minimum atomic E-state index is -0.244. The van der Waals surface area contributed by atoms with Crippen molar-refractivity contribution in [1.82, 2.24) is 39.4 Å². The summed E-state index contributed by atoms with van der Waals surface area (Å²) in [5, 5.41) is 6.02. The molecule has 0 aliphatic heterocycles. The first kappa shape index (κ1) is 32.9. The van der Waals surface area contributed by atoms with Gasteiger partial charge in [-0.2, -0.15) is 0 Å². The number of nitrogens with zero attached hydrogens (tertiary/aromatic N) is 6. The summed E-state index contributed by atoms with van der Waals surface area (Å²) in [5.41, 5.74) is 8.30. The highest BCUT2D eigenvalue weighted by atomic mass is 16.5. The quantitative estimate of drug-likeness (QED) is 0.140. The summed E-state index contributed by atoms with van der Waals surface area (Å²) in [7, 11) is 0. The highest BCUT2D eigenvalue weighted by Crippen LogP contribution is 2.36. The molecule has 1 atom stereocenters. The molecule has 50 heavy (non-hydrogen) atoms. The highest BCUT2D eigenvalue weighted by molar-refractivity contribution is 5.98. The van der Waals surface area contributed by atoms with Crippen molar-refractivity contribution in [1.29, 1.82) is 0 Å². The monoisotopic (exact) mass is 670 g/mol. The van der Waals surface area contributed by atoms with Crippen LogP contribution in [-0.2, 0) is 25.8 Å². The normalized spacial score (nSPS) is 13.8. The molecule has 2 amide bonds. The zero-order chi connectivity index (χ0) is 34.5. The molecule has 1 aliphatic rings. The van der Waals surface area contributed by atoms with Gasteiger partial charge in [0.05, 0.1) is 6.61 Å². The van der Waals surface area contributed by atoms with Gasteiger partial charge in [-0.3, -0.25) is 18.4 Å². The third kappa shape index (κ3) is 7.36. The summed E-state index contributed by atoms with van der Waals surface area (Å²) in [6.07, 6.45) is 13.9. The van der Waals surface area contributed by atoms with Gasteiger partial charge in [0.15, 0.2) is 22.7 Å². The van der Waals surface area contributed by atoms with Crippen LogP contribution in [0, 0.1) is 6.92 Å². The number of hydrogen-bond donors (Lipinski definition) is 2. The Bertz CT molecular complexity index is 2140. The molecule has 4 heterocycles. The van der Waals surface area contributed by atoms with Gasteiger partial charge in [0, 0.05) is 36.9 Å². The maximum Gasteiger partial charge on any atom is 0.274 e. The average Bonchev–Trinajstić information content (AvgIpc) is 3.86. The lowest BCUT2D eigenvalue weighted by Crippen LogP contribution is -2.26. The minimum absolute atomic E-state index is 0.230. The van der Waals surface area contributed by atoms with Gasteiger partial charge in [-0.25, -0.2) is 19.9 Å². The molecular weight excluding hydrogens is 628 g/mol. The Labute approximate surface area is 291 Å². The fraction of sp³-hybridized carbons (Fsp3) is 0.333. The number of unbranched alkanes of at least 4 members (excludes halogenated alkanes) is 2. The van der Waals surface area contributed by atoms with E-state index < -0.39 is 0 Å². The van der Waals surface area contributed by atoms with E-state index in [1.165, 1.54) is 24.0 Å². The van der Waals surface area contributed by atoms with Crippen LogP contribution in [0.15, 0.2) is 79.6 Å². The van der Waals surface area contributed by atoms with Crippen LogP contribution < -0.4 is 15.4 Å².